The van der Waals surface area contributed by atoms with Crippen LogP contribution in [0.3, 0.4) is 0 Å². The van der Waals surface area contributed by atoms with Crippen LogP contribution >= 0.6 is 11.6 Å². The first kappa shape index (κ1) is 15.8. The molecule has 114 valence electrons. The first-order chi connectivity index (χ1) is 10.0. The van der Waals surface area contributed by atoms with Crippen LogP contribution in [-0.2, 0) is 4.79 Å². The first-order valence-corrected chi connectivity index (χ1v) is 7.43. The molecule has 0 atom stereocenters. The van der Waals surface area contributed by atoms with Crippen molar-refractivity contribution in [2.24, 2.45) is 17.6 Å². The summed E-state index contributed by atoms with van der Waals surface area (Å²) in [5, 5.41) is 12.1. The molecule has 0 aliphatic heterocycles. The van der Waals surface area contributed by atoms with Crippen molar-refractivity contribution < 1.29 is 14.7 Å². The summed E-state index contributed by atoms with van der Waals surface area (Å²) in [6, 6.07) is 4.27. The van der Waals surface area contributed by atoms with Gasteiger partial charge in [0.05, 0.1) is 16.3 Å². The molecule has 6 heteroatoms. The molecule has 1 aromatic rings. The maximum Gasteiger partial charge on any atom is 0.335 e. The predicted molar refractivity (Wildman–Crippen MR) is 81.5 cm³/mol. The second-order valence-electron chi connectivity index (χ2n) is 5.44. The van der Waals surface area contributed by atoms with Crippen molar-refractivity contribution in [1.82, 2.24) is 0 Å². The van der Waals surface area contributed by atoms with Crippen LogP contribution in [0.25, 0.3) is 0 Å². The number of carbonyl (C=O) groups excluding carboxylic acids is 1. The Morgan fingerprint density at radius 2 is 1.95 bits per heavy atom. The molecule has 1 amide bonds. The Balaban J connectivity index is 2.03. The van der Waals surface area contributed by atoms with E-state index in [1.807, 2.05) is 0 Å². The third-order valence-corrected chi connectivity index (χ3v) is 4.35. The lowest BCUT2D eigenvalue weighted by Crippen LogP contribution is -2.29. The minimum atomic E-state index is -1.05. The number of carboxylic acid groups (broad SMARTS) is 1. The molecule has 0 spiro atoms. The topological polar surface area (TPSA) is 92.4 Å². The van der Waals surface area contributed by atoms with Crippen molar-refractivity contribution >= 4 is 29.2 Å². The molecule has 1 saturated carbocycles. The van der Waals surface area contributed by atoms with Gasteiger partial charge < -0.3 is 16.2 Å². The van der Waals surface area contributed by atoms with Crippen molar-refractivity contribution in [3.8, 4) is 0 Å². The molecule has 1 aliphatic carbocycles. The van der Waals surface area contributed by atoms with Crippen LogP contribution in [0.4, 0.5) is 5.69 Å². The minimum absolute atomic E-state index is 0.0580. The summed E-state index contributed by atoms with van der Waals surface area (Å²) in [6.45, 7) is 0.667. The van der Waals surface area contributed by atoms with Crippen LogP contribution < -0.4 is 11.1 Å². The van der Waals surface area contributed by atoms with E-state index in [-0.39, 0.29) is 17.4 Å². The van der Waals surface area contributed by atoms with Gasteiger partial charge in [-0.15, -0.1) is 0 Å². The molecule has 1 aliphatic rings. The zero-order valence-electron chi connectivity index (χ0n) is 11.6. The summed E-state index contributed by atoms with van der Waals surface area (Å²) >= 11 is 6.01. The molecule has 0 bridgehead atoms. The Labute approximate surface area is 128 Å². The number of aromatic carboxylic acids is 1. The first-order valence-electron chi connectivity index (χ1n) is 7.05. The summed E-state index contributed by atoms with van der Waals surface area (Å²) in [6.07, 6.45) is 3.53. The Morgan fingerprint density at radius 1 is 1.29 bits per heavy atom. The minimum Gasteiger partial charge on any atom is -0.478 e. The third kappa shape index (κ3) is 3.95. The van der Waals surface area contributed by atoms with Gasteiger partial charge in [0.15, 0.2) is 0 Å². The summed E-state index contributed by atoms with van der Waals surface area (Å²) < 4.78 is 0. The largest absolute Gasteiger partial charge is 0.478 e. The van der Waals surface area contributed by atoms with Crippen LogP contribution in [0.1, 0.15) is 36.0 Å². The lowest BCUT2D eigenvalue weighted by molar-refractivity contribution is -0.121. The van der Waals surface area contributed by atoms with Gasteiger partial charge in [-0.1, -0.05) is 11.6 Å². The third-order valence-electron chi connectivity index (χ3n) is 4.02. The number of nitrogens with two attached hydrogens (primary N) is 1. The van der Waals surface area contributed by atoms with E-state index in [1.54, 1.807) is 0 Å². The maximum absolute atomic E-state index is 12.2. The number of rotatable bonds is 4. The molecule has 0 unspecified atom stereocenters. The molecular weight excluding hydrogens is 292 g/mol. The number of nitrogens with one attached hydrogen (secondary N) is 1. The highest BCUT2D eigenvalue weighted by atomic mass is 35.5. The number of benzene rings is 1. The van der Waals surface area contributed by atoms with E-state index in [0.29, 0.717) is 23.2 Å². The van der Waals surface area contributed by atoms with Gasteiger partial charge in [0.25, 0.3) is 0 Å². The van der Waals surface area contributed by atoms with Crippen LogP contribution in [0.2, 0.25) is 5.02 Å². The van der Waals surface area contributed by atoms with E-state index in [4.69, 9.17) is 22.4 Å². The highest BCUT2D eigenvalue weighted by molar-refractivity contribution is 6.33. The van der Waals surface area contributed by atoms with Crippen molar-refractivity contribution in [2.75, 3.05) is 11.9 Å². The summed E-state index contributed by atoms with van der Waals surface area (Å²) in [7, 11) is 0. The molecule has 0 heterocycles. The fourth-order valence-electron chi connectivity index (χ4n) is 2.65. The number of anilines is 1. The normalized spacial score (nSPS) is 21.8. The van der Waals surface area contributed by atoms with E-state index in [9.17, 15) is 9.59 Å². The van der Waals surface area contributed by atoms with Crippen molar-refractivity contribution in [2.45, 2.75) is 25.7 Å². The molecular formula is C15H19ClN2O3. The summed E-state index contributed by atoms with van der Waals surface area (Å²) in [4.78, 5) is 23.2. The van der Waals surface area contributed by atoms with Gasteiger partial charge >= 0.3 is 5.97 Å². The van der Waals surface area contributed by atoms with Crippen LogP contribution in [0.15, 0.2) is 18.2 Å². The number of carboxylic acids is 1. The van der Waals surface area contributed by atoms with Gasteiger partial charge in [-0.25, -0.2) is 4.79 Å². The zero-order chi connectivity index (χ0) is 15.4. The van der Waals surface area contributed by atoms with Crippen molar-refractivity contribution in [3.63, 3.8) is 0 Å². The van der Waals surface area contributed by atoms with Gasteiger partial charge in [0, 0.05) is 5.92 Å². The maximum atomic E-state index is 12.2. The highest BCUT2D eigenvalue weighted by Crippen LogP contribution is 2.30. The average molecular weight is 311 g/mol. The zero-order valence-corrected chi connectivity index (χ0v) is 12.4. The van der Waals surface area contributed by atoms with Crippen LogP contribution in [-0.4, -0.2) is 23.5 Å². The van der Waals surface area contributed by atoms with Gasteiger partial charge in [0.1, 0.15) is 0 Å². The van der Waals surface area contributed by atoms with Gasteiger partial charge in [0.2, 0.25) is 5.91 Å². The van der Waals surface area contributed by atoms with Crippen molar-refractivity contribution in [1.29, 1.82) is 0 Å². The molecule has 0 aromatic heterocycles. The van der Waals surface area contributed by atoms with E-state index < -0.39 is 5.97 Å². The number of halogens is 1. The highest BCUT2D eigenvalue weighted by Gasteiger charge is 2.26. The van der Waals surface area contributed by atoms with E-state index >= 15 is 0 Å². The second kappa shape index (κ2) is 6.91. The van der Waals surface area contributed by atoms with Gasteiger partial charge in [-0.2, -0.15) is 0 Å². The Kier molecular flexibility index (Phi) is 5.20. The molecule has 4 N–H and O–H groups in total. The van der Waals surface area contributed by atoms with Crippen LogP contribution in [0.5, 0.6) is 0 Å². The summed E-state index contributed by atoms with van der Waals surface area (Å²) in [5.74, 6) is -0.703. The second-order valence-corrected chi connectivity index (χ2v) is 5.85. The lowest BCUT2D eigenvalue weighted by atomic mass is 9.81. The van der Waals surface area contributed by atoms with Gasteiger partial charge in [-0.05, 0) is 56.3 Å². The number of hydrogen-bond acceptors (Lipinski definition) is 3. The average Bonchev–Trinajstić information content (AvgIpc) is 2.49. The van der Waals surface area contributed by atoms with Crippen LogP contribution in [0, 0.1) is 11.8 Å². The fourth-order valence-corrected chi connectivity index (χ4v) is 2.81. The van der Waals surface area contributed by atoms with E-state index in [1.165, 1.54) is 18.2 Å². The smallest absolute Gasteiger partial charge is 0.335 e. The molecule has 5 nitrogen and oxygen atoms in total. The predicted octanol–water partition coefficient (Wildman–Crippen LogP) is 2.74. The Hall–Kier alpha value is -1.59. The fraction of sp³-hybridized carbons (Fsp3) is 0.467. The molecule has 0 radical (unpaired) electrons. The molecule has 1 aromatic carbocycles. The molecule has 21 heavy (non-hydrogen) atoms. The van der Waals surface area contributed by atoms with E-state index in [0.717, 1.165) is 25.7 Å². The Morgan fingerprint density at radius 3 is 2.52 bits per heavy atom. The number of hydrogen-bond donors (Lipinski definition) is 3. The Bertz CT molecular complexity index is 540. The van der Waals surface area contributed by atoms with Crippen molar-refractivity contribution in [3.05, 3.63) is 28.8 Å². The number of carbonyl (C=O) groups is 2. The lowest BCUT2D eigenvalue weighted by Gasteiger charge is -2.26. The number of amides is 1. The molecule has 0 saturated heterocycles. The van der Waals surface area contributed by atoms with E-state index in [2.05, 4.69) is 5.32 Å². The standard InChI is InChI=1S/C15H19ClN2O3/c16-12-6-5-11(15(20)21)7-13(12)18-14(19)10-3-1-9(8-17)2-4-10/h5-7,9-10H,1-4,8,17H2,(H,18,19)(H,20,21). The molecule has 2 rings (SSSR count). The monoisotopic (exact) mass is 310 g/mol. The SMILES string of the molecule is NCC1CCC(C(=O)Nc2cc(C(=O)O)ccc2Cl)CC1. The quantitative estimate of drug-likeness (QED) is 0.797. The molecule has 1 fully saturated rings. The van der Waals surface area contributed by atoms with Gasteiger partial charge in [-0.3, -0.25) is 4.79 Å². The summed E-state index contributed by atoms with van der Waals surface area (Å²) in [5.41, 5.74) is 6.09.